The minimum absolute atomic E-state index is 0.0391. The van der Waals surface area contributed by atoms with Gasteiger partial charge in [0, 0.05) is 35.0 Å². The Balaban J connectivity index is 1.24. The number of carbonyl (C=O) groups excluding carboxylic acids is 1. The summed E-state index contributed by atoms with van der Waals surface area (Å²) in [6.45, 7) is 0.620. The number of nitrogens with zero attached hydrogens (tertiary/aromatic N) is 3. The maximum absolute atomic E-state index is 13.6. The molecule has 0 radical (unpaired) electrons. The van der Waals surface area contributed by atoms with Crippen molar-refractivity contribution in [3.05, 3.63) is 118 Å². The van der Waals surface area contributed by atoms with E-state index in [2.05, 4.69) is 22.9 Å². The first-order valence-electron chi connectivity index (χ1n) is 12.6. The van der Waals surface area contributed by atoms with Crippen LogP contribution in [0.5, 0.6) is 5.75 Å². The van der Waals surface area contributed by atoms with Gasteiger partial charge in [0.1, 0.15) is 11.6 Å². The molecule has 1 aliphatic heterocycles. The van der Waals surface area contributed by atoms with Crippen LogP contribution in [0.4, 0.5) is 4.39 Å². The van der Waals surface area contributed by atoms with E-state index in [1.165, 1.54) is 23.9 Å². The maximum Gasteiger partial charge on any atom is 0.253 e. The van der Waals surface area contributed by atoms with Crippen LogP contribution in [-0.4, -0.2) is 34.1 Å². The standard InChI is InChI=1S/C31H26FN3O2S2/c1-37-24-14-10-22(11-15-24)28-17-26(29-7-4-16-38-29)33-35(28)31(36)20-39-30-19-34(27-6-3-2-5-25(27)30)18-21-8-12-23(32)13-9-21/h2-16,19,28H,17-18,20H2,1H3. The number of para-hydroxylation sites is 1. The van der Waals surface area contributed by atoms with Crippen molar-refractivity contribution in [2.45, 2.75) is 23.9 Å². The zero-order chi connectivity index (χ0) is 26.8. The Kier molecular flexibility index (Phi) is 7.22. The highest BCUT2D eigenvalue weighted by atomic mass is 32.2. The number of halogens is 1. The maximum atomic E-state index is 13.6. The summed E-state index contributed by atoms with van der Waals surface area (Å²) in [5, 5.41) is 9.58. The molecule has 0 fully saturated rings. The molecule has 6 rings (SSSR count). The van der Waals surface area contributed by atoms with Gasteiger partial charge in [-0.25, -0.2) is 9.40 Å². The Morgan fingerprint density at radius 3 is 2.59 bits per heavy atom. The van der Waals surface area contributed by atoms with Crippen LogP contribution >= 0.6 is 23.1 Å². The highest BCUT2D eigenvalue weighted by Gasteiger charge is 2.33. The van der Waals surface area contributed by atoms with Gasteiger partial charge in [0.15, 0.2) is 0 Å². The molecule has 5 nitrogen and oxygen atoms in total. The molecule has 2 aromatic heterocycles. The van der Waals surface area contributed by atoms with Crippen LogP contribution in [-0.2, 0) is 11.3 Å². The summed E-state index contributed by atoms with van der Waals surface area (Å²) < 4.78 is 20.9. The summed E-state index contributed by atoms with van der Waals surface area (Å²) in [6.07, 6.45) is 2.75. The number of hydrazone groups is 1. The topological polar surface area (TPSA) is 46.8 Å². The number of amides is 1. The number of hydrogen-bond acceptors (Lipinski definition) is 5. The number of thiophene rings is 1. The van der Waals surface area contributed by atoms with Crippen molar-refractivity contribution in [2.24, 2.45) is 5.10 Å². The lowest BCUT2D eigenvalue weighted by atomic mass is 10.0. The molecule has 1 unspecified atom stereocenters. The number of hydrogen-bond donors (Lipinski definition) is 0. The summed E-state index contributed by atoms with van der Waals surface area (Å²) in [4.78, 5) is 15.8. The molecule has 5 aromatic rings. The van der Waals surface area contributed by atoms with Crippen molar-refractivity contribution in [3.63, 3.8) is 0 Å². The van der Waals surface area contributed by atoms with Crippen molar-refractivity contribution in [2.75, 3.05) is 12.9 Å². The number of methoxy groups -OCH3 is 1. The van der Waals surface area contributed by atoms with E-state index >= 15 is 0 Å². The average Bonchev–Trinajstić information content (AvgIpc) is 3.73. The van der Waals surface area contributed by atoms with Crippen molar-refractivity contribution in [1.82, 2.24) is 9.58 Å². The molecular weight excluding hydrogens is 529 g/mol. The Morgan fingerprint density at radius 1 is 1.05 bits per heavy atom. The van der Waals surface area contributed by atoms with Gasteiger partial charge in [-0.2, -0.15) is 5.10 Å². The molecule has 196 valence electrons. The van der Waals surface area contributed by atoms with E-state index in [0.717, 1.165) is 43.3 Å². The van der Waals surface area contributed by atoms with Crippen LogP contribution in [0.1, 0.15) is 28.5 Å². The molecule has 0 N–H and O–H groups in total. The second-order valence-electron chi connectivity index (χ2n) is 9.31. The number of carbonyl (C=O) groups is 1. The average molecular weight is 556 g/mol. The fourth-order valence-electron chi connectivity index (χ4n) is 4.87. The number of ether oxygens (including phenoxy) is 1. The Morgan fingerprint density at radius 2 is 1.85 bits per heavy atom. The van der Waals surface area contributed by atoms with Gasteiger partial charge in [0.2, 0.25) is 0 Å². The minimum Gasteiger partial charge on any atom is -0.497 e. The van der Waals surface area contributed by atoms with Crippen LogP contribution in [0.3, 0.4) is 0 Å². The number of benzene rings is 3. The van der Waals surface area contributed by atoms with Crippen LogP contribution < -0.4 is 4.74 Å². The lowest BCUT2D eigenvalue weighted by Crippen LogP contribution is -2.28. The van der Waals surface area contributed by atoms with Gasteiger partial charge in [-0.1, -0.05) is 48.5 Å². The van der Waals surface area contributed by atoms with Gasteiger partial charge in [0.05, 0.1) is 29.5 Å². The quantitative estimate of drug-likeness (QED) is 0.188. The Bertz CT molecular complexity index is 1630. The zero-order valence-corrected chi connectivity index (χ0v) is 22.9. The SMILES string of the molecule is COc1ccc(C2CC(c3cccs3)=NN2C(=O)CSc2cn(Cc3ccc(F)cc3)c3ccccc23)cc1. The molecule has 8 heteroatoms. The highest BCUT2D eigenvalue weighted by molar-refractivity contribution is 8.00. The van der Waals surface area contributed by atoms with Crippen molar-refractivity contribution >= 4 is 45.6 Å². The Labute approximate surface area is 234 Å². The molecule has 0 spiro atoms. The van der Waals surface area contributed by atoms with Gasteiger partial charge in [-0.05, 0) is 52.9 Å². The molecule has 1 aliphatic rings. The fourth-order valence-corrected chi connectivity index (χ4v) is 6.53. The molecule has 0 bridgehead atoms. The van der Waals surface area contributed by atoms with E-state index in [1.54, 1.807) is 35.6 Å². The summed E-state index contributed by atoms with van der Waals surface area (Å²) in [5.41, 5.74) is 4.05. The minimum atomic E-state index is -0.245. The molecule has 0 saturated heterocycles. The van der Waals surface area contributed by atoms with E-state index in [-0.39, 0.29) is 23.5 Å². The van der Waals surface area contributed by atoms with Crippen LogP contribution in [0.2, 0.25) is 0 Å². The Hall–Kier alpha value is -3.88. The van der Waals surface area contributed by atoms with Gasteiger partial charge < -0.3 is 9.30 Å². The third kappa shape index (κ3) is 5.35. The fraction of sp³-hybridized carbons (Fsp3) is 0.161. The van der Waals surface area contributed by atoms with E-state index in [4.69, 9.17) is 9.84 Å². The summed E-state index contributed by atoms with van der Waals surface area (Å²) in [6, 6.07) is 26.5. The van der Waals surface area contributed by atoms with Crippen LogP contribution in [0.25, 0.3) is 10.9 Å². The normalized spacial score (nSPS) is 15.1. The highest BCUT2D eigenvalue weighted by Crippen LogP contribution is 2.36. The van der Waals surface area contributed by atoms with Gasteiger partial charge in [0.25, 0.3) is 5.91 Å². The second-order valence-corrected chi connectivity index (χ2v) is 11.3. The predicted octanol–water partition coefficient (Wildman–Crippen LogP) is 7.37. The third-order valence-corrected chi connectivity index (χ3v) is 8.79. The van der Waals surface area contributed by atoms with E-state index in [9.17, 15) is 9.18 Å². The first kappa shape index (κ1) is 25.4. The van der Waals surface area contributed by atoms with Crippen LogP contribution in [0.15, 0.2) is 107 Å². The number of aromatic nitrogens is 1. The molecule has 39 heavy (non-hydrogen) atoms. The largest absolute Gasteiger partial charge is 0.497 e. The summed E-state index contributed by atoms with van der Waals surface area (Å²) in [7, 11) is 1.65. The molecule has 1 amide bonds. The van der Waals surface area contributed by atoms with E-state index < -0.39 is 0 Å². The lowest BCUT2D eigenvalue weighted by molar-refractivity contribution is -0.130. The van der Waals surface area contributed by atoms with Crippen molar-refractivity contribution in [3.8, 4) is 5.75 Å². The molecule has 3 heterocycles. The van der Waals surface area contributed by atoms with Crippen LogP contribution in [0, 0.1) is 5.82 Å². The molecule has 0 aliphatic carbocycles. The predicted molar refractivity (Wildman–Crippen MR) is 156 cm³/mol. The summed E-state index contributed by atoms with van der Waals surface area (Å²) >= 11 is 3.16. The molecular formula is C31H26FN3O2S2. The van der Waals surface area contributed by atoms with Crippen molar-refractivity contribution in [1.29, 1.82) is 0 Å². The monoisotopic (exact) mass is 555 g/mol. The van der Waals surface area contributed by atoms with Crippen molar-refractivity contribution < 1.29 is 13.9 Å². The van der Waals surface area contributed by atoms with E-state index in [0.29, 0.717) is 13.0 Å². The second kappa shape index (κ2) is 11.1. The third-order valence-electron chi connectivity index (χ3n) is 6.84. The first-order valence-corrected chi connectivity index (χ1v) is 14.5. The number of fused-ring (bicyclic) bond motifs is 1. The summed E-state index contributed by atoms with van der Waals surface area (Å²) in [5.74, 6) is 0.758. The first-order chi connectivity index (χ1) is 19.1. The smallest absolute Gasteiger partial charge is 0.253 e. The molecule has 3 aromatic carbocycles. The van der Waals surface area contributed by atoms with Gasteiger partial charge in [-0.15, -0.1) is 23.1 Å². The lowest BCUT2D eigenvalue weighted by Gasteiger charge is -2.22. The molecule has 1 atom stereocenters. The number of rotatable bonds is 8. The number of thioether (sulfide) groups is 1. The molecule has 0 saturated carbocycles. The van der Waals surface area contributed by atoms with Gasteiger partial charge >= 0.3 is 0 Å². The van der Waals surface area contributed by atoms with E-state index in [1.807, 2.05) is 53.9 Å². The zero-order valence-electron chi connectivity index (χ0n) is 21.3. The van der Waals surface area contributed by atoms with Gasteiger partial charge in [-0.3, -0.25) is 4.79 Å².